The molecule has 0 fully saturated rings. The van der Waals surface area contributed by atoms with Gasteiger partial charge in [-0.3, -0.25) is 4.79 Å². The van der Waals surface area contributed by atoms with Gasteiger partial charge >= 0.3 is 0 Å². The van der Waals surface area contributed by atoms with E-state index in [4.69, 9.17) is 21.1 Å². The fourth-order valence-corrected chi connectivity index (χ4v) is 2.92. The van der Waals surface area contributed by atoms with Crippen LogP contribution < -0.4 is 14.8 Å². The van der Waals surface area contributed by atoms with E-state index in [-0.39, 0.29) is 18.4 Å². The van der Waals surface area contributed by atoms with Crippen LogP contribution in [0.15, 0.2) is 42.5 Å². The second-order valence-electron chi connectivity index (χ2n) is 6.37. The van der Waals surface area contributed by atoms with Crippen molar-refractivity contribution in [3.05, 3.63) is 58.6 Å². The number of nitrogens with one attached hydrogen (secondary N) is 1. The van der Waals surface area contributed by atoms with Crippen molar-refractivity contribution in [3.8, 4) is 11.5 Å². The van der Waals surface area contributed by atoms with Crippen LogP contribution in [-0.4, -0.2) is 38.4 Å². The largest absolute Gasteiger partial charge is 0.493 e. The molecule has 0 aliphatic rings. The minimum atomic E-state index is -0.0423. The third kappa shape index (κ3) is 6.77. The Hall–Kier alpha value is -2.24. The molecule has 2 aromatic rings. The number of carbonyl (C=O) groups excluding carboxylic acids is 1. The fourth-order valence-electron chi connectivity index (χ4n) is 2.80. The summed E-state index contributed by atoms with van der Waals surface area (Å²) in [5.41, 5.74) is 2.08. The molecule has 0 saturated heterocycles. The van der Waals surface area contributed by atoms with Crippen LogP contribution in [-0.2, 0) is 17.6 Å². The maximum Gasteiger partial charge on any atom is 0.220 e. The third-order valence-corrected chi connectivity index (χ3v) is 4.62. The van der Waals surface area contributed by atoms with E-state index in [2.05, 4.69) is 5.32 Å². The molecule has 0 saturated carbocycles. The van der Waals surface area contributed by atoms with Gasteiger partial charge in [-0.2, -0.15) is 0 Å². The van der Waals surface area contributed by atoms with E-state index >= 15 is 0 Å². The summed E-state index contributed by atoms with van der Waals surface area (Å²) in [7, 11) is 3.18. The van der Waals surface area contributed by atoms with Gasteiger partial charge in [-0.1, -0.05) is 29.8 Å². The number of benzene rings is 2. The van der Waals surface area contributed by atoms with Gasteiger partial charge in [0.1, 0.15) is 0 Å². The molecule has 0 unspecified atom stereocenters. The second-order valence-corrected chi connectivity index (χ2v) is 6.81. The van der Waals surface area contributed by atoms with Crippen molar-refractivity contribution in [2.75, 3.05) is 27.4 Å². The smallest absolute Gasteiger partial charge is 0.220 e. The van der Waals surface area contributed by atoms with E-state index in [0.717, 1.165) is 11.1 Å². The van der Waals surface area contributed by atoms with Crippen LogP contribution in [0.25, 0.3) is 0 Å². The molecular formula is C21H26ClNO4. The van der Waals surface area contributed by atoms with Gasteiger partial charge in [-0.05, 0) is 48.2 Å². The summed E-state index contributed by atoms with van der Waals surface area (Å²) in [6.07, 6.45) is 1.66. The predicted molar refractivity (Wildman–Crippen MR) is 107 cm³/mol. The molecule has 146 valence electrons. The van der Waals surface area contributed by atoms with E-state index in [1.807, 2.05) is 42.5 Å². The highest BCUT2D eigenvalue weighted by Gasteiger charge is 2.12. The molecule has 0 aromatic heterocycles. The van der Waals surface area contributed by atoms with Gasteiger partial charge in [-0.25, -0.2) is 0 Å². The van der Waals surface area contributed by atoms with Crippen molar-refractivity contribution in [2.45, 2.75) is 19.3 Å². The monoisotopic (exact) mass is 391 g/mol. The molecule has 0 radical (unpaired) electrons. The van der Waals surface area contributed by atoms with Gasteiger partial charge in [0.2, 0.25) is 5.91 Å². The number of amides is 1. The number of halogens is 1. The number of hydrogen-bond donors (Lipinski definition) is 2. The lowest BCUT2D eigenvalue weighted by molar-refractivity contribution is -0.121. The molecule has 0 spiro atoms. The van der Waals surface area contributed by atoms with E-state index in [0.29, 0.717) is 42.3 Å². The number of ether oxygens (including phenoxy) is 2. The molecule has 2 N–H and O–H groups in total. The maximum atomic E-state index is 12.1. The van der Waals surface area contributed by atoms with Crippen molar-refractivity contribution in [1.82, 2.24) is 5.32 Å². The molecule has 0 aliphatic carbocycles. The summed E-state index contributed by atoms with van der Waals surface area (Å²) in [6, 6.07) is 13.2. The van der Waals surface area contributed by atoms with Gasteiger partial charge in [0.25, 0.3) is 0 Å². The molecule has 0 bridgehead atoms. The minimum absolute atomic E-state index is 0.0125. The molecule has 2 rings (SSSR count). The first-order valence-corrected chi connectivity index (χ1v) is 9.26. The zero-order valence-electron chi connectivity index (χ0n) is 15.7. The molecule has 1 atom stereocenters. The molecular weight excluding hydrogens is 366 g/mol. The summed E-state index contributed by atoms with van der Waals surface area (Å²) >= 11 is 5.88. The van der Waals surface area contributed by atoms with Crippen LogP contribution in [0, 0.1) is 5.92 Å². The summed E-state index contributed by atoms with van der Waals surface area (Å²) in [5.74, 6) is 1.24. The average molecular weight is 392 g/mol. The van der Waals surface area contributed by atoms with Gasteiger partial charge in [0.05, 0.1) is 14.2 Å². The Kier molecular flexibility index (Phi) is 8.43. The quantitative estimate of drug-likeness (QED) is 0.652. The number of aryl methyl sites for hydroxylation is 1. The summed E-state index contributed by atoms with van der Waals surface area (Å²) < 4.78 is 10.5. The van der Waals surface area contributed by atoms with Gasteiger partial charge in [0, 0.05) is 30.5 Å². The maximum absolute atomic E-state index is 12.1. The Morgan fingerprint density at radius 2 is 1.74 bits per heavy atom. The predicted octanol–water partition coefficient (Wildman–Crippen LogP) is 3.26. The second kappa shape index (κ2) is 10.8. The normalized spacial score (nSPS) is 11.7. The van der Waals surface area contributed by atoms with Gasteiger partial charge in [-0.15, -0.1) is 0 Å². The van der Waals surface area contributed by atoms with Gasteiger partial charge in [0.15, 0.2) is 11.5 Å². The van der Waals surface area contributed by atoms with E-state index < -0.39 is 0 Å². The van der Waals surface area contributed by atoms with E-state index in [1.54, 1.807) is 14.2 Å². The molecule has 6 heteroatoms. The molecule has 27 heavy (non-hydrogen) atoms. The zero-order valence-corrected chi connectivity index (χ0v) is 16.5. The first-order chi connectivity index (χ1) is 13.0. The topological polar surface area (TPSA) is 67.8 Å². The first kappa shape index (κ1) is 21.1. The Labute approximate surface area is 165 Å². The van der Waals surface area contributed by atoms with Crippen LogP contribution in [0.3, 0.4) is 0 Å². The number of aliphatic hydroxyl groups excluding tert-OH is 1. The number of rotatable bonds is 10. The standard InChI is InChI=1S/C21H26ClNO4/c1-26-19-9-5-16(12-20(19)27-2)6-10-21(25)23-13-17(14-24)11-15-3-7-18(22)8-4-15/h3-5,7-9,12,17,24H,6,10-11,13-14H2,1-2H3,(H,23,25)/t17-/m0/s1. The first-order valence-electron chi connectivity index (χ1n) is 8.88. The number of aliphatic hydroxyl groups is 1. The average Bonchev–Trinajstić information content (AvgIpc) is 2.70. The highest BCUT2D eigenvalue weighted by Crippen LogP contribution is 2.27. The molecule has 2 aromatic carbocycles. The van der Waals surface area contributed by atoms with Crippen molar-refractivity contribution >= 4 is 17.5 Å². The zero-order chi connectivity index (χ0) is 19.6. The third-order valence-electron chi connectivity index (χ3n) is 4.37. The Balaban J connectivity index is 1.80. The van der Waals surface area contributed by atoms with E-state index in [1.165, 1.54) is 0 Å². The molecule has 5 nitrogen and oxygen atoms in total. The van der Waals surface area contributed by atoms with Crippen molar-refractivity contribution < 1.29 is 19.4 Å². The number of methoxy groups -OCH3 is 2. The highest BCUT2D eigenvalue weighted by molar-refractivity contribution is 6.30. The van der Waals surface area contributed by atoms with Crippen LogP contribution in [0.5, 0.6) is 11.5 Å². The van der Waals surface area contributed by atoms with Crippen LogP contribution in [0.1, 0.15) is 17.5 Å². The van der Waals surface area contributed by atoms with Crippen molar-refractivity contribution in [2.24, 2.45) is 5.92 Å². The summed E-state index contributed by atoms with van der Waals surface area (Å²) in [5, 5.41) is 13.2. The summed E-state index contributed by atoms with van der Waals surface area (Å²) in [4.78, 5) is 12.1. The minimum Gasteiger partial charge on any atom is -0.493 e. The Bertz CT molecular complexity index is 733. The lowest BCUT2D eigenvalue weighted by Crippen LogP contribution is -2.32. The lowest BCUT2D eigenvalue weighted by atomic mass is 10.00. The SMILES string of the molecule is COc1ccc(CCC(=O)NC[C@@H](CO)Cc2ccc(Cl)cc2)cc1OC. The van der Waals surface area contributed by atoms with E-state index in [9.17, 15) is 9.90 Å². The molecule has 0 aliphatic heterocycles. The Morgan fingerprint density at radius 1 is 1.07 bits per heavy atom. The highest BCUT2D eigenvalue weighted by atomic mass is 35.5. The molecule has 1 amide bonds. The van der Waals surface area contributed by atoms with Crippen LogP contribution in [0.2, 0.25) is 5.02 Å². The summed E-state index contributed by atoms with van der Waals surface area (Å²) in [6.45, 7) is 0.447. The van der Waals surface area contributed by atoms with Crippen LogP contribution in [0.4, 0.5) is 0 Å². The van der Waals surface area contributed by atoms with Crippen molar-refractivity contribution in [1.29, 1.82) is 0 Å². The fraction of sp³-hybridized carbons (Fsp3) is 0.381. The Morgan fingerprint density at radius 3 is 2.37 bits per heavy atom. The van der Waals surface area contributed by atoms with Crippen LogP contribution >= 0.6 is 11.6 Å². The number of hydrogen-bond acceptors (Lipinski definition) is 4. The number of carbonyl (C=O) groups is 1. The van der Waals surface area contributed by atoms with Gasteiger partial charge < -0.3 is 19.9 Å². The molecule has 0 heterocycles. The lowest BCUT2D eigenvalue weighted by Gasteiger charge is -2.15. The van der Waals surface area contributed by atoms with Crippen molar-refractivity contribution in [3.63, 3.8) is 0 Å².